The van der Waals surface area contributed by atoms with E-state index >= 15 is 0 Å². The number of rotatable bonds is 13. The van der Waals surface area contributed by atoms with E-state index in [1.807, 2.05) is 15.5 Å². The van der Waals surface area contributed by atoms with E-state index in [1.54, 1.807) is 24.3 Å². The predicted octanol–water partition coefficient (Wildman–Crippen LogP) is 2.64. The number of aryl methyl sites for hydroxylation is 2. The Morgan fingerprint density at radius 1 is 0.976 bits per heavy atom. The number of likely N-dealkylation sites (tertiary alicyclic amines) is 1. The number of nitrogens with zero attached hydrogens (tertiary/aromatic N) is 2. The third-order valence-electron chi connectivity index (χ3n) is 6.20. The number of hydrogen-bond donors (Lipinski definition) is 7. The smallest absolute Gasteiger partial charge is 0.407 e. The Hall–Kier alpha value is -4.40. The van der Waals surface area contributed by atoms with E-state index in [4.69, 9.17) is 10.2 Å². The van der Waals surface area contributed by atoms with Crippen LogP contribution in [0, 0.1) is 0 Å². The maximum atomic E-state index is 13.0. The second-order valence-electron chi connectivity index (χ2n) is 9.45. The van der Waals surface area contributed by atoms with Gasteiger partial charge >= 0.3 is 12.2 Å². The molecule has 1 saturated heterocycles. The average molecular weight is 590 g/mol. The highest BCUT2D eigenvalue weighted by atomic mass is 32.1. The maximum absolute atomic E-state index is 13.0. The number of hydrogen-bond acceptors (Lipinski definition) is 8. The minimum absolute atomic E-state index is 0.110. The van der Waals surface area contributed by atoms with E-state index in [2.05, 4.69) is 20.9 Å². The molecule has 0 spiro atoms. The summed E-state index contributed by atoms with van der Waals surface area (Å²) >= 11 is 1.09. The predicted molar refractivity (Wildman–Crippen MR) is 152 cm³/mol. The normalized spacial score (nSPS) is 12.9. The monoisotopic (exact) mass is 589 g/mol. The molecule has 41 heavy (non-hydrogen) atoms. The van der Waals surface area contributed by atoms with E-state index in [0.29, 0.717) is 53.6 Å². The largest absolute Gasteiger partial charge is 0.465 e. The lowest BCUT2D eigenvalue weighted by atomic mass is 10.1. The third kappa shape index (κ3) is 10.6. The fourth-order valence-electron chi connectivity index (χ4n) is 4.28. The van der Waals surface area contributed by atoms with Gasteiger partial charge in [-0.05, 0) is 56.2 Å². The number of nitrogens with one attached hydrogen (secondary N) is 5. The molecule has 0 radical (unpaired) electrons. The van der Waals surface area contributed by atoms with Crippen molar-refractivity contribution in [1.82, 2.24) is 25.8 Å². The van der Waals surface area contributed by atoms with Gasteiger partial charge in [0, 0.05) is 38.7 Å². The lowest BCUT2D eigenvalue weighted by molar-refractivity contribution is -0.132. The van der Waals surface area contributed by atoms with Crippen LogP contribution in [0.5, 0.6) is 0 Å². The molecule has 0 saturated carbocycles. The molecule has 1 fully saturated rings. The van der Waals surface area contributed by atoms with Crippen molar-refractivity contribution in [3.63, 3.8) is 0 Å². The zero-order valence-corrected chi connectivity index (χ0v) is 23.5. The van der Waals surface area contributed by atoms with Crippen LogP contribution in [0.3, 0.4) is 0 Å². The summed E-state index contributed by atoms with van der Waals surface area (Å²) in [6.45, 7) is 3.29. The van der Waals surface area contributed by atoms with Gasteiger partial charge in [-0.15, -0.1) is 0 Å². The molecular formula is C26H35N7O7S. The van der Waals surface area contributed by atoms with Crippen LogP contribution in [0.2, 0.25) is 0 Å². The molecule has 222 valence electrons. The SMILES string of the molecule is CC(=O)Nc1nc(CCc2ccc(NC(NC(=O)O)NC(=O)O)cc2)c(C(=O)NCCCC(=O)N2CCCCC2)s1. The van der Waals surface area contributed by atoms with Crippen molar-refractivity contribution in [2.24, 2.45) is 0 Å². The number of piperidine rings is 1. The molecule has 1 aromatic heterocycles. The highest BCUT2D eigenvalue weighted by Crippen LogP contribution is 2.25. The van der Waals surface area contributed by atoms with E-state index in [-0.39, 0.29) is 17.7 Å². The van der Waals surface area contributed by atoms with Crippen molar-refractivity contribution >= 4 is 52.1 Å². The summed E-state index contributed by atoms with van der Waals surface area (Å²) < 4.78 is 0. The number of amides is 5. The molecule has 1 aliphatic heterocycles. The topological polar surface area (TPSA) is 202 Å². The van der Waals surface area contributed by atoms with Crippen molar-refractivity contribution in [3.05, 3.63) is 40.4 Å². The molecule has 3 rings (SSSR count). The molecule has 0 atom stereocenters. The van der Waals surface area contributed by atoms with Crippen molar-refractivity contribution in [1.29, 1.82) is 0 Å². The van der Waals surface area contributed by atoms with Gasteiger partial charge < -0.3 is 31.1 Å². The molecule has 5 amide bonds. The van der Waals surface area contributed by atoms with Crippen LogP contribution < -0.4 is 26.6 Å². The van der Waals surface area contributed by atoms with Gasteiger partial charge in [0.25, 0.3) is 5.91 Å². The van der Waals surface area contributed by atoms with Gasteiger partial charge in [-0.1, -0.05) is 23.5 Å². The lowest BCUT2D eigenvalue weighted by Gasteiger charge is -2.26. The van der Waals surface area contributed by atoms with Crippen molar-refractivity contribution in [3.8, 4) is 0 Å². The van der Waals surface area contributed by atoms with E-state index < -0.39 is 18.5 Å². The summed E-state index contributed by atoms with van der Waals surface area (Å²) in [5.74, 6) is -0.509. The van der Waals surface area contributed by atoms with E-state index in [0.717, 1.165) is 49.3 Å². The van der Waals surface area contributed by atoms with Gasteiger partial charge in [-0.25, -0.2) is 14.6 Å². The van der Waals surface area contributed by atoms with Gasteiger partial charge in [0.05, 0.1) is 5.69 Å². The van der Waals surface area contributed by atoms with Crippen LogP contribution in [-0.4, -0.2) is 75.9 Å². The minimum atomic E-state index is -1.40. The number of anilines is 2. The second kappa shape index (κ2) is 15.4. The summed E-state index contributed by atoms with van der Waals surface area (Å²) in [5, 5.41) is 30.3. The molecule has 1 aliphatic rings. The molecule has 0 aliphatic carbocycles. The number of aromatic nitrogens is 1. The number of carboxylic acid groups (broad SMARTS) is 2. The molecule has 1 aromatic carbocycles. The first-order valence-electron chi connectivity index (χ1n) is 13.3. The van der Waals surface area contributed by atoms with Crippen molar-refractivity contribution < 1.29 is 34.2 Å². The first kappa shape index (κ1) is 31.1. The highest BCUT2D eigenvalue weighted by Gasteiger charge is 2.20. The molecule has 7 N–H and O–H groups in total. The Labute approximate surface area is 240 Å². The molecule has 14 nitrogen and oxygen atoms in total. The second-order valence-corrected chi connectivity index (χ2v) is 10.4. The van der Waals surface area contributed by atoms with Gasteiger partial charge in [0.2, 0.25) is 11.8 Å². The fourth-order valence-corrected chi connectivity index (χ4v) is 5.25. The standard InChI is InChI=1S/C26H35N7O7S/c1-16(34)28-24-30-19(21(41-24)22(36)27-13-5-6-20(35)33-14-3-2-4-15-33)12-9-17-7-10-18(11-8-17)29-23(31-25(37)38)32-26(39)40/h7-8,10-11,23,29,31-32H,2-6,9,12-15H2,1H3,(H,27,36)(H,37,38)(H,39,40)(H,28,30,34). The van der Waals surface area contributed by atoms with E-state index in [1.165, 1.54) is 6.92 Å². The summed E-state index contributed by atoms with van der Waals surface area (Å²) in [7, 11) is 0. The van der Waals surface area contributed by atoms with Gasteiger partial charge in [0.15, 0.2) is 11.4 Å². The van der Waals surface area contributed by atoms with Gasteiger partial charge in [-0.2, -0.15) is 0 Å². The Kier molecular flexibility index (Phi) is 11.7. The Balaban J connectivity index is 1.57. The summed E-state index contributed by atoms with van der Waals surface area (Å²) in [4.78, 5) is 65.4. The average Bonchev–Trinajstić information content (AvgIpc) is 3.32. The molecular weight excluding hydrogens is 554 g/mol. The van der Waals surface area contributed by atoms with Crippen molar-refractivity contribution in [2.75, 3.05) is 30.3 Å². The van der Waals surface area contributed by atoms with Crippen LogP contribution in [0.15, 0.2) is 24.3 Å². The highest BCUT2D eigenvalue weighted by molar-refractivity contribution is 7.17. The molecule has 15 heteroatoms. The zero-order valence-electron chi connectivity index (χ0n) is 22.7. The van der Waals surface area contributed by atoms with E-state index in [9.17, 15) is 24.0 Å². The number of benzene rings is 1. The maximum Gasteiger partial charge on any atom is 0.407 e. The van der Waals surface area contributed by atoms with Crippen LogP contribution in [0.25, 0.3) is 0 Å². The van der Waals surface area contributed by atoms with Crippen LogP contribution in [-0.2, 0) is 22.4 Å². The molecule has 0 unspecified atom stereocenters. The lowest BCUT2D eigenvalue weighted by Crippen LogP contribution is -2.52. The summed E-state index contributed by atoms with van der Waals surface area (Å²) in [6, 6.07) is 6.89. The van der Waals surface area contributed by atoms with Crippen molar-refractivity contribution in [2.45, 2.75) is 58.2 Å². The van der Waals surface area contributed by atoms with Gasteiger partial charge in [0.1, 0.15) is 4.88 Å². The zero-order chi connectivity index (χ0) is 29.8. The minimum Gasteiger partial charge on any atom is -0.465 e. The molecule has 0 bridgehead atoms. The summed E-state index contributed by atoms with van der Waals surface area (Å²) in [6.07, 6.45) is 0.978. The Bertz CT molecular complexity index is 1210. The molecule has 2 heterocycles. The quantitative estimate of drug-likeness (QED) is 0.135. The number of carbonyl (C=O) groups excluding carboxylic acids is 3. The van der Waals surface area contributed by atoms with Crippen LogP contribution in [0.1, 0.15) is 60.0 Å². The number of thiazole rings is 1. The fraction of sp³-hybridized carbons (Fsp3) is 0.462. The Morgan fingerprint density at radius 2 is 1.63 bits per heavy atom. The van der Waals surface area contributed by atoms with Gasteiger partial charge in [-0.3, -0.25) is 25.0 Å². The first-order valence-corrected chi connectivity index (χ1v) is 14.1. The number of carbonyl (C=O) groups is 5. The van der Waals surface area contributed by atoms with Crippen LogP contribution >= 0.6 is 11.3 Å². The third-order valence-corrected chi connectivity index (χ3v) is 7.21. The molecule has 2 aromatic rings. The summed E-state index contributed by atoms with van der Waals surface area (Å²) in [5.41, 5.74) is 1.89. The Morgan fingerprint density at radius 3 is 2.24 bits per heavy atom. The first-order chi connectivity index (χ1) is 19.6. The van der Waals surface area contributed by atoms with Crippen LogP contribution in [0.4, 0.5) is 20.4 Å².